The van der Waals surface area contributed by atoms with Gasteiger partial charge in [-0.15, -0.1) is 6.42 Å². The van der Waals surface area contributed by atoms with Crippen LogP contribution < -0.4 is 9.47 Å². The Morgan fingerprint density at radius 2 is 1.84 bits per heavy atom. The SMILES string of the molecule is C#Cc1cc(C(F)(F)F)cnc1C1CN(C(=O)c2c(O[C@@H](C)C(F)(F)F)ccc(S(C)(=O)=O)c2OC)C1. The highest BCUT2D eigenvalue weighted by atomic mass is 32.2. The number of halogens is 6. The van der Waals surface area contributed by atoms with Crippen LogP contribution in [0.3, 0.4) is 0 Å². The predicted octanol–water partition coefficient (Wildman–Crippen LogP) is 4.06. The van der Waals surface area contributed by atoms with E-state index in [-0.39, 0.29) is 24.3 Å². The molecule has 1 aromatic carbocycles. The standard InChI is InChI=1S/C23H20F6N2O5S/c1-5-13-8-15(23(27,28)29)9-30-19(13)14-10-31(11-14)21(32)18-16(36-12(2)22(24,25)26)6-7-17(20(18)35-3)37(4,33)34/h1,6-9,12,14H,10-11H2,2-4H3/t12-/m0/s1. The molecule has 0 spiro atoms. The second kappa shape index (κ2) is 9.77. The monoisotopic (exact) mass is 550 g/mol. The quantitative estimate of drug-likeness (QED) is 0.399. The van der Waals surface area contributed by atoms with Gasteiger partial charge in [0.05, 0.1) is 18.4 Å². The first-order chi connectivity index (χ1) is 17.0. The summed E-state index contributed by atoms with van der Waals surface area (Å²) < 4.78 is 113. The van der Waals surface area contributed by atoms with E-state index in [4.69, 9.17) is 15.9 Å². The van der Waals surface area contributed by atoms with E-state index >= 15 is 0 Å². The van der Waals surface area contributed by atoms with Crippen molar-refractivity contribution in [1.29, 1.82) is 0 Å². The highest BCUT2D eigenvalue weighted by Crippen LogP contribution is 2.40. The van der Waals surface area contributed by atoms with E-state index in [0.717, 1.165) is 36.5 Å². The topological polar surface area (TPSA) is 85.8 Å². The number of carbonyl (C=O) groups excluding carboxylic acids is 1. The number of pyridine rings is 1. The van der Waals surface area contributed by atoms with Gasteiger partial charge in [-0.1, -0.05) is 5.92 Å². The second-order valence-electron chi connectivity index (χ2n) is 8.25. The first kappa shape index (κ1) is 28.1. The summed E-state index contributed by atoms with van der Waals surface area (Å²) in [5.74, 6) is -0.390. The number of rotatable bonds is 6. The van der Waals surface area contributed by atoms with Gasteiger partial charge in [0.15, 0.2) is 21.7 Å². The van der Waals surface area contributed by atoms with Crippen LogP contribution in [0.1, 0.15) is 40.0 Å². The fraction of sp³-hybridized carbons (Fsp3) is 0.391. The molecule has 0 radical (unpaired) electrons. The molecule has 14 heteroatoms. The van der Waals surface area contributed by atoms with E-state index < -0.39 is 67.6 Å². The molecule has 1 amide bonds. The number of likely N-dealkylation sites (tertiary alicyclic amines) is 1. The lowest BCUT2D eigenvalue weighted by molar-refractivity contribution is -0.189. The molecular weight excluding hydrogens is 530 g/mol. The van der Waals surface area contributed by atoms with Crippen molar-refractivity contribution >= 4 is 15.7 Å². The van der Waals surface area contributed by atoms with Crippen molar-refractivity contribution in [3.63, 3.8) is 0 Å². The molecule has 1 saturated heterocycles. The summed E-state index contributed by atoms with van der Waals surface area (Å²) in [6.07, 6.45) is -5.01. The summed E-state index contributed by atoms with van der Waals surface area (Å²) in [4.78, 5) is 17.8. The molecular formula is C23H20F6N2O5S. The summed E-state index contributed by atoms with van der Waals surface area (Å²) in [6.45, 7) is 0.501. The number of carbonyl (C=O) groups is 1. The van der Waals surface area contributed by atoms with Crippen molar-refractivity contribution < 1.29 is 49.0 Å². The zero-order valence-corrected chi connectivity index (χ0v) is 20.4. The Hall–Kier alpha value is -3.47. The summed E-state index contributed by atoms with van der Waals surface area (Å²) in [6, 6.07) is 2.66. The van der Waals surface area contributed by atoms with E-state index in [1.165, 1.54) is 0 Å². The van der Waals surface area contributed by atoms with Crippen LogP contribution in [0.25, 0.3) is 0 Å². The third-order valence-corrected chi connectivity index (χ3v) is 6.74. The van der Waals surface area contributed by atoms with Crippen LogP contribution in [0.2, 0.25) is 0 Å². The molecule has 0 unspecified atom stereocenters. The van der Waals surface area contributed by atoms with Crippen LogP contribution in [0, 0.1) is 12.3 Å². The number of aromatic nitrogens is 1. The van der Waals surface area contributed by atoms with E-state index in [1.54, 1.807) is 0 Å². The average molecular weight is 550 g/mol. The molecule has 37 heavy (non-hydrogen) atoms. The zero-order chi connectivity index (χ0) is 27.9. The minimum absolute atomic E-state index is 0.105. The number of ether oxygens (including phenoxy) is 2. The summed E-state index contributed by atoms with van der Waals surface area (Å²) in [5.41, 5.74) is -1.57. The fourth-order valence-corrected chi connectivity index (χ4v) is 4.48. The number of hydrogen-bond acceptors (Lipinski definition) is 6. The third-order valence-electron chi connectivity index (χ3n) is 5.62. The van der Waals surface area contributed by atoms with Crippen LogP contribution in [0.4, 0.5) is 26.3 Å². The first-order valence-electron chi connectivity index (χ1n) is 10.5. The van der Waals surface area contributed by atoms with Gasteiger partial charge in [-0.05, 0) is 25.1 Å². The van der Waals surface area contributed by atoms with Crippen molar-refractivity contribution in [2.24, 2.45) is 0 Å². The molecule has 0 N–H and O–H groups in total. The second-order valence-corrected chi connectivity index (χ2v) is 10.2. The largest absolute Gasteiger partial charge is 0.494 e. The summed E-state index contributed by atoms with van der Waals surface area (Å²) in [7, 11) is -2.92. The normalized spacial score (nSPS) is 15.5. The maximum atomic E-state index is 13.3. The Bertz CT molecular complexity index is 1360. The highest BCUT2D eigenvalue weighted by Gasteiger charge is 2.42. The lowest BCUT2D eigenvalue weighted by Crippen LogP contribution is -2.49. The van der Waals surface area contributed by atoms with Gasteiger partial charge >= 0.3 is 12.4 Å². The molecule has 200 valence electrons. The van der Waals surface area contributed by atoms with E-state index in [2.05, 4.69) is 10.9 Å². The predicted molar refractivity (Wildman–Crippen MR) is 118 cm³/mol. The minimum Gasteiger partial charge on any atom is -0.494 e. The van der Waals surface area contributed by atoms with Crippen molar-refractivity contribution in [3.8, 4) is 23.8 Å². The lowest BCUT2D eigenvalue weighted by atomic mass is 9.91. The van der Waals surface area contributed by atoms with Gasteiger partial charge < -0.3 is 14.4 Å². The number of terminal acetylenes is 1. The maximum Gasteiger partial charge on any atom is 0.425 e. The Morgan fingerprint density at radius 1 is 1.22 bits per heavy atom. The van der Waals surface area contributed by atoms with Gasteiger partial charge in [0.25, 0.3) is 5.91 Å². The smallest absolute Gasteiger partial charge is 0.425 e. The average Bonchev–Trinajstić information content (AvgIpc) is 2.75. The van der Waals surface area contributed by atoms with Crippen LogP contribution in [0.5, 0.6) is 11.5 Å². The fourth-order valence-electron chi connectivity index (χ4n) is 3.64. The molecule has 7 nitrogen and oxygen atoms in total. The van der Waals surface area contributed by atoms with Crippen molar-refractivity contribution in [2.75, 3.05) is 26.5 Å². The van der Waals surface area contributed by atoms with Gasteiger partial charge in [0.1, 0.15) is 16.2 Å². The van der Waals surface area contributed by atoms with Gasteiger partial charge in [-0.2, -0.15) is 26.3 Å². The molecule has 1 fully saturated rings. The van der Waals surface area contributed by atoms with Gasteiger partial charge in [0, 0.05) is 37.0 Å². The molecule has 1 aliphatic rings. The Labute approximate surface area is 208 Å². The van der Waals surface area contributed by atoms with Crippen LogP contribution in [0.15, 0.2) is 29.3 Å². The zero-order valence-electron chi connectivity index (χ0n) is 19.6. The van der Waals surface area contributed by atoms with Crippen LogP contribution in [-0.4, -0.2) is 62.9 Å². The number of methoxy groups -OCH3 is 1. The Balaban J connectivity index is 1.97. The Morgan fingerprint density at radius 3 is 2.32 bits per heavy atom. The number of hydrogen-bond donors (Lipinski definition) is 0. The van der Waals surface area contributed by atoms with Gasteiger partial charge in [-0.25, -0.2) is 8.42 Å². The summed E-state index contributed by atoms with van der Waals surface area (Å²) >= 11 is 0. The molecule has 0 bridgehead atoms. The van der Waals surface area contributed by atoms with Gasteiger partial charge in [-0.3, -0.25) is 9.78 Å². The molecule has 1 atom stereocenters. The van der Waals surface area contributed by atoms with Gasteiger partial charge in [0.2, 0.25) is 0 Å². The minimum atomic E-state index is -4.79. The van der Waals surface area contributed by atoms with Crippen molar-refractivity contribution in [2.45, 2.75) is 36.2 Å². The first-order valence-corrected chi connectivity index (χ1v) is 12.4. The molecule has 1 aromatic heterocycles. The number of amides is 1. The van der Waals surface area contributed by atoms with E-state index in [0.29, 0.717) is 13.1 Å². The number of alkyl halides is 6. The highest BCUT2D eigenvalue weighted by molar-refractivity contribution is 7.90. The lowest BCUT2D eigenvalue weighted by Gasteiger charge is -2.40. The molecule has 2 aromatic rings. The number of sulfone groups is 1. The maximum absolute atomic E-state index is 13.3. The molecule has 0 aliphatic carbocycles. The van der Waals surface area contributed by atoms with Crippen molar-refractivity contribution in [1.82, 2.24) is 9.88 Å². The number of nitrogens with zero attached hydrogens (tertiary/aromatic N) is 2. The van der Waals surface area contributed by atoms with E-state index in [9.17, 15) is 39.6 Å². The van der Waals surface area contributed by atoms with Crippen LogP contribution >= 0.6 is 0 Å². The molecule has 1 aliphatic heterocycles. The molecule has 3 rings (SSSR count). The summed E-state index contributed by atoms with van der Waals surface area (Å²) in [5, 5.41) is 0. The van der Waals surface area contributed by atoms with Crippen LogP contribution in [-0.2, 0) is 16.0 Å². The molecule has 0 saturated carbocycles. The van der Waals surface area contributed by atoms with E-state index in [1.807, 2.05) is 0 Å². The molecule has 2 heterocycles. The van der Waals surface area contributed by atoms with Crippen molar-refractivity contribution in [3.05, 3.63) is 46.8 Å². The third kappa shape index (κ3) is 5.76. The Kier molecular flexibility index (Phi) is 7.42. The number of benzene rings is 1.